The maximum Gasteiger partial charge on any atom is 0.335 e. The molecule has 0 atom stereocenters. The highest BCUT2D eigenvalue weighted by molar-refractivity contribution is 8.04. The lowest BCUT2D eigenvalue weighted by molar-refractivity contribution is -0.112. The average molecular weight is 347 g/mol. The Balaban J connectivity index is 1.69. The number of carbonyl (C=O) groups is 2. The first-order valence-corrected chi connectivity index (χ1v) is 8.49. The second-order valence-electron chi connectivity index (χ2n) is 5.69. The summed E-state index contributed by atoms with van der Waals surface area (Å²) in [6.07, 6.45) is 1.85. The number of thioether (sulfide) groups is 1. The van der Waals surface area contributed by atoms with Gasteiger partial charge in [-0.2, -0.15) is 0 Å². The summed E-state index contributed by atoms with van der Waals surface area (Å²) in [6, 6.07) is 18.8. The molecule has 1 amide bonds. The molecular formula is C20H13NO3S. The quantitative estimate of drug-likeness (QED) is 0.664. The molecule has 0 saturated carbocycles. The van der Waals surface area contributed by atoms with Crippen molar-refractivity contribution in [1.29, 1.82) is 0 Å². The highest BCUT2D eigenvalue weighted by Gasteiger charge is 2.22. The Labute approximate surface area is 148 Å². The number of hydrogen-bond donors (Lipinski definition) is 2. The molecule has 0 spiro atoms. The molecule has 0 aromatic heterocycles. The van der Waals surface area contributed by atoms with E-state index in [-0.39, 0.29) is 11.5 Å². The van der Waals surface area contributed by atoms with E-state index >= 15 is 0 Å². The van der Waals surface area contributed by atoms with E-state index in [9.17, 15) is 9.59 Å². The molecule has 4 nitrogen and oxygen atoms in total. The molecule has 1 aliphatic rings. The minimum atomic E-state index is -1.01. The lowest BCUT2D eigenvalue weighted by atomic mass is 10.1. The summed E-state index contributed by atoms with van der Waals surface area (Å²) in [5, 5.41) is 14.1. The van der Waals surface area contributed by atoms with Crippen molar-refractivity contribution >= 4 is 46.2 Å². The SMILES string of the molecule is O=C1Nc2cc(C(=O)O)ccc2S/C1=C\c1ccc2ccccc2c1. The third-order valence-corrected chi connectivity index (χ3v) is 5.09. The van der Waals surface area contributed by atoms with Crippen LogP contribution in [0, 0.1) is 0 Å². The number of rotatable bonds is 2. The lowest BCUT2D eigenvalue weighted by Crippen LogP contribution is -2.17. The Morgan fingerprint density at radius 3 is 2.60 bits per heavy atom. The van der Waals surface area contributed by atoms with Gasteiger partial charge in [-0.15, -0.1) is 0 Å². The zero-order chi connectivity index (χ0) is 17.4. The minimum absolute atomic E-state index is 0.154. The van der Waals surface area contributed by atoms with Gasteiger partial charge >= 0.3 is 5.97 Å². The highest BCUT2D eigenvalue weighted by atomic mass is 32.2. The molecule has 25 heavy (non-hydrogen) atoms. The summed E-state index contributed by atoms with van der Waals surface area (Å²) in [4.78, 5) is 24.8. The van der Waals surface area contributed by atoms with E-state index in [1.54, 1.807) is 12.1 Å². The van der Waals surface area contributed by atoms with Crippen LogP contribution in [0.3, 0.4) is 0 Å². The molecule has 1 aliphatic heterocycles. The number of carboxylic acid groups (broad SMARTS) is 1. The van der Waals surface area contributed by atoms with Crippen molar-refractivity contribution in [3.05, 3.63) is 76.7 Å². The Hall–Kier alpha value is -3.05. The second kappa shape index (κ2) is 6.11. The van der Waals surface area contributed by atoms with Gasteiger partial charge in [0, 0.05) is 4.90 Å². The van der Waals surface area contributed by atoms with E-state index in [1.165, 1.54) is 17.8 Å². The summed E-state index contributed by atoms with van der Waals surface area (Å²) in [6.45, 7) is 0. The summed E-state index contributed by atoms with van der Waals surface area (Å²) in [7, 11) is 0. The van der Waals surface area contributed by atoms with Crippen LogP contribution in [-0.2, 0) is 4.79 Å². The van der Waals surface area contributed by atoms with E-state index in [0.29, 0.717) is 10.6 Å². The van der Waals surface area contributed by atoms with Gasteiger partial charge in [-0.1, -0.05) is 48.2 Å². The standard InChI is InChI=1S/C20H13NO3S/c22-19-18(10-12-5-6-13-3-1-2-4-14(13)9-12)25-17-8-7-15(20(23)24)11-16(17)21-19/h1-11H,(H,21,22)(H,23,24)/b18-10-. The smallest absolute Gasteiger partial charge is 0.335 e. The molecule has 5 heteroatoms. The van der Waals surface area contributed by atoms with Crippen LogP contribution in [0.15, 0.2) is 70.5 Å². The fourth-order valence-electron chi connectivity index (χ4n) is 2.74. The van der Waals surface area contributed by atoms with Crippen LogP contribution in [0.5, 0.6) is 0 Å². The maximum atomic E-state index is 12.4. The molecule has 0 unspecified atom stereocenters. The van der Waals surface area contributed by atoms with Gasteiger partial charge in [-0.25, -0.2) is 4.79 Å². The third kappa shape index (κ3) is 3.02. The number of hydrogen-bond acceptors (Lipinski definition) is 3. The van der Waals surface area contributed by atoms with Crippen molar-refractivity contribution in [3.8, 4) is 0 Å². The molecule has 1 heterocycles. The summed E-state index contributed by atoms with van der Waals surface area (Å²) in [5.41, 5.74) is 1.63. The van der Waals surface area contributed by atoms with Crippen LogP contribution >= 0.6 is 11.8 Å². The Morgan fingerprint density at radius 1 is 1.00 bits per heavy atom. The molecule has 0 bridgehead atoms. The number of carboxylic acids is 1. The number of anilines is 1. The van der Waals surface area contributed by atoms with Gasteiger partial charge in [0.15, 0.2) is 0 Å². The van der Waals surface area contributed by atoms with Gasteiger partial charge in [0.25, 0.3) is 5.91 Å². The Kier molecular flexibility index (Phi) is 3.78. The number of carbonyl (C=O) groups excluding carboxylic acids is 1. The Morgan fingerprint density at radius 2 is 1.80 bits per heavy atom. The molecule has 0 saturated heterocycles. The average Bonchev–Trinajstić information content (AvgIpc) is 2.62. The first-order chi connectivity index (χ1) is 12.1. The molecule has 122 valence electrons. The molecule has 0 fully saturated rings. The van der Waals surface area contributed by atoms with Crippen molar-refractivity contribution in [2.24, 2.45) is 0 Å². The normalized spacial score (nSPS) is 15.0. The topological polar surface area (TPSA) is 66.4 Å². The van der Waals surface area contributed by atoms with Gasteiger partial charge < -0.3 is 10.4 Å². The summed E-state index contributed by atoms with van der Waals surface area (Å²) in [5.74, 6) is -1.24. The molecule has 0 radical (unpaired) electrons. The summed E-state index contributed by atoms with van der Waals surface area (Å²) < 4.78 is 0. The van der Waals surface area contributed by atoms with Crippen molar-refractivity contribution < 1.29 is 14.7 Å². The van der Waals surface area contributed by atoms with Crippen LogP contribution in [0.2, 0.25) is 0 Å². The van der Waals surface area contributed by atoms with E-state index in [0.717, 1.165) is 21.2 Å². The fraction of sp³-hybridized carbons (Fsp3) is 0. The van der Waals surface area contributed by atoms with E-state index < -0.39 is 5.97 Å². The van der Waals surface area contributed by atoms with Crippen molar-refractivity contribution in [1.82, 2.24) is 0 Å². The van der Waals surface area contributed by atoms with E-state index in [1.807, 2.05) is 48.5 Å². The minimum Gasteiger partial charge on any atom is -0.478 e. The van der Waals surface area contributed by atoms with Crippen molar-refractivity contribution in [3.63, 3.8) is 0 Å². The van der Waals surface area contributed by atoms with Crippen LogP contribution in [-0.4, -0.2) is 17.0 Å². The number of amides is 1. The monoisotopic (exact) mass is 347 g/mol. The molecule has 4 rings (SSSR count). The summed E-state index contributed by atoms with van der Waals surface area (Å²) >= 11 is 1.34. The lowest BCUT2D eigenvalue weighted by Gasteiger charge is -2.19. The largest absolute Gasteiger partial charge is 0.478 e. The molecule has 3 aromatic rings. The van der Waals surface area contributed by atoms with Crippen LogP contribution in [0.1, 0.15) is 15.9 Å². The van der Waals surface area contributed by atoms with Gasteiger partial charge in [-0.05, 0) is 46.7 Å². The maximum absolute atomic E-state index is 12.4. The molecular weight excluding hydrogens is 334 g/mol. The fourth-order valence-corrected chi connectivity index (χ4v) is 3.67. The molecule has 3 aromatic carbocycles. The van der Waals surface area contributed by atoms with Gasteiger partial charge in [0.2, 0.25) is 0 Å². The van der Waals surface area contributed by atoms with E-state index in [4.69, 9.17) is 5.11 Å². The van der Waals surface area contributed by atoms with Crippen LogP contribution < -0.4 is 5.32 Å². The molecule has 2 N–H and O–H groups in total. The van der Waals surface area contributed by atoms with Gasteiger partial charge in [0.05, 0.1) is 16.2 Å². The first-order valence-electron chi connectivity index (χ1n) is 7.67. The van der Waals surface area contributed by atoms with Crippen LogP contribution in [0.4, 0.5) is 5.69 Å². The molecule has 0 aliphatic carbocycles. The van der Waals surface area contributed by atoms with Gasteiger partial charge in [0.1, 0.15) is 0 Å². The third-order valence-electron chi connectivity index (χ3n) is 3.99. The number of nitrogens with one attached hydrogen (secondary N) is 1. The zero-order valence-electron chi connectivity index (χ0n) is 13.0. The number of benzene rings is 3. The Bertz CT molecular complexity index is 1060. The number of aromatic carboxylic acids is 1. The van der Waals surface area contributed by atoms with Gasteiger partial charge in [-0.3, -0.25) is 4.79 Å². The number of fused-ring (bicyclic) bond motifs is 2. The predicted molar refractivity (Wildman–Crippen MR) is 99.8 cm³/mol. The van der Waals surface area contributed by atoms with Crippen LogP contribution in [0.25, 0.3) is 16.8 Å². The van der Waals surface area contributed by atoms with Crippen molar-refractivity contribution in [2.45, 2.75) is 4.90 Å². The van der Waals surface area contributed by atoms with E-state index in [2.05, 4.69) is 5.32 Å². The second-order valence-corrected chi connectivity index (χ2v) is 6.77. The zero-order valence-corrected chi connectivity index (χ0v) is 13.8. The van der Waals surface area contributed by atoms with Crippen molar-refractivity contribution in [2.75, 3.05) is 5.32 Å². The predicted octanol–water partition coefficient (Wildman–Crippen LogP) is 4.62. The first kappa shape index (κ1) is 15.5. The highest BCUT2D eigenvalue weighted by Crippen LogP contribution is 2.39.